The molecule has 2 heteroatoms. The lowest BCUT2D eigenvalue weighted by Gasteiger charge is -2.31. The van der Waals surface area contributed by atoms with Crippen molar-refractivity contribution in [2.75, 3.05) is 9.80 Å². The fraction of sp³-hybridized carbons (Fsp3) is 0.0667. The van der Waals surface area contributed by atoms with Gasteiger partial charge in [0.25, 0.3) is 0 Å². The van der Waals surface area contributed by atoms with E-state index in [1.807, 2.05) is 0 Å². The van der Waals surface area contributed by atoms with E-state index >= 15 is 0 Å². The van der Waals surface area contributed by atoms with Crippen LogP contribution in [0.3, 0.4) is 0 Å². The van der Waals surface area contributed by atoms with Crippen LogP contribution in [0.5, 0.6) is 0 Å². The molecule has 0 aliphatic heterocycles. The van der Waals surface area contributed by atoms with Crippen LogP contribution in [0.15, 0.2) is 260 Å². The first-order valence-electron chi connectivity index (χ1n) is 21.7. The molecule has 8 aromatic rings. The van der Waals surface area contributed by atoms with Gasteiger partial charge in [0.1, 0.15) is 0 Å². The molecular weight excluding hydrogens is 749 g/mol. The minimum atomic E-state index is 0.277. The van der Waals surface area contributed by atoms with Crippen LogP contribution in [-0.4, -0.2) is 0 Å². The summed E-state index contributed by atoms with van der Waals surface area (Å²) in [5.41, 5.74) is 18.4. The van der Waals surface area contributed by atoms with Crippen LogP contribution in [0, 0.1) is 0 Å². The Hall–Kier alpha value is -7.68. The fourth-order valence-corrected chi connectivity index (χ4v) is 8.83. The summed E-state index contributed by atoms with van der Waals surface area (Å²) in [6.45, 7) is 0. The molecule has 2 nitrogen and oxygen atoms in total. The van der Waals surface area contributed by atoms with E-state index in [-0.39, 0.29) is 5.92 Å². The Morgan fingerprint density at radius 2 is 0.726 bits per heavy atom. The summed E-state index contributed by atoms with van der Waals surface area (Å²) in [5, 5.41) is 0. The predicted molar refractivity (Wildman–Crippen MR) is 263 cm³/mol. The summed E-state index contributed by atoms with van der Waals surface area (Å²) < 4.78 is 0. The second-order valence-corrected chi connectivity index (χ2v) is 16.0. The average Bonchev–Trinajstić information content (AvgIpc) is 3.36. The molecule has 298 valence electrons. The highest BCUT2D eigenvalue weighted by Gasteiger charge is 2.21. The standard InChI is InChI=1S/C60H48N2/c1-5-13-45(14-6-1)49-21-33-55(34-22-49)61(56-35-23-50(24-36-56)46-15-7-2-8-16-46)59-41-29-53(30-42-59)54-31-43-60(44-32-54)62(57-37-25-51(26-38-57)47-17-9-3-10-18-47)58-39-27-52(28-40-58)48-19-11-4-12-20-48/h1-27,29,31-39,41-44,53H,28,30,40H2. The van der Waals surface area contributed by atoms with Crippen LogP contribution < -0.4 is 9.80 Å². The summed E-state index contributed by atoms with van der Waals surface area (Å²) in [7, 11) is 0. The Morgan fingerprint density at radius 1 is 0.339 bits per heavy atom. The zero-order valence-electron chi connectivity index (χ0n) is 34.8. The van der Waals surface area contributed by atoms with E-state index in [1.54, 1.807) is 0 Å². The van der Waals surface area contributed by atoms with Gasteiger partial charge in [0.2, 0.25) is 0 Å². The van der Waals surface area contributed by atoms with Crippen LogP contribution in [-0.2, 0) is 0 Å². The van der Waals surface area contributed by atoms with E-state index in [4.69, 9.17) is 0 Å². The van der Waals surface area contributed by atoms with Gasteiger partial charge in [-0.1, -0.05) is 188 Å². The van der Waals surface area contributed by atoms with E-state index in [1.165, 1.54) is 72.8 Å². The number of hydrogen-bond acceptors (Lipinski definition) is 2. The summed E-state index contributed by atoms with van der Waals surface area (Å²) >= 11 is 0. The largest absolute Gasteiger partial charge is 0.314 e. The van der Waals surface area contributed by atoms with Crippen molar-refractivity contribution in [2.45, 2.75) is 25.2 Å². The highest BCUT2D eigenvalue weighted by Crippen LogP contribution is 2.40. The molecule has 0 aromatic heterocycles. The smallest absolute Gasteiger partial charge is 0.0461 e. The highest BCUT2D eigenvalue weighted by molar-refractivity contribution is 5.78. The molecule has 0 heterocycles. The first kappa shape index (κ1) is 38.5. The number of anilines is 4. The minimum absolute atomic E-state index is 0.277. The maximum absolute atomic E-state index is 2.44. The van der Waals surface area contributed by atoms with Crippen molar-refractivity contribution in [3.8, 4) is 33.4 Å². The minimum Gasteiger partial charge on any atom is -0.314 e. The molecule has 0 spiro atoms. The van der Waals surface area contributed by atoms with E-state index in [9.17, 15) is 0 Å². The highest BCUT2D eigenvalue weighted by atomic mass is 15.2. The zero-order chi connectivity index (χ0) is 41.5. The number of hydrogen-bond donors (Lipinski definition) is 0. The van der Waals surface area contributed by atoms with Gasteiger partial charge in [-0.05, 0) is 130 Å². The third-order valence-corrected chi connectivity index (χ3v) is 12.2. The Balaban J connectivity index is 0.925. The van der Waals surface area contributed by atoms with Gasteiger partial charge in [-0.25, -0.2) is 0 Å². The van der Waals surface area contributed by atoms with Gasteiger partial charge in [-0.2, -0.15) is 0 Å². The molecule has 2 aliphatic carbocycles. The van der Waals surface area contributed by atoms with Crippen LogP contribution in [0.25, 0.3) is 39.0 Å². The lowest BCUT2D eigenvalue weighted by molar-refractivity contribution is 0.839. The van der Waals surface area contributed by atoms with Crippen LogP contribution in [0.4, 0.5) is 22.7 Å². The maximum Gasteiger partial charge on any atom is 0.0461 e. The molecule has 62 heavy (non-hydrogen) atoms. The third kappa shape index (κ3) is 8.37. The van der Waals surface area contributed by atoms with Crippen molar-refractivity contribution in [1.82, 2.24) is 0 Å². The van der Waals surface area contributed by atoms with Crippen molar-refractivity contribution in [1.29, 1.82) is 0 Å². The Morgan fingerprint density at radius 3 is 1.11 bits per heavy atom. The van der Waals surface area contributed by atoms with Crippen LogP contribution in [0.1, 0.15) is 36.3 Å². The molecule has 1 unspecified atom stereocenters. The molecule has 0 amide bonds. The SMILES string of the molecule is C1=CC(c2ccc(N(C3=CC=C(c4ccccc4)CC3)c3ccc(-c4ccccc4)cc3)cc2)CC=C1N(c1ccc(-c2ccccc2)cc1)c1ccc(-c2ccccc2)cc1. The first-order chi connectivity index (χ1) is 30.7. The number of rotatable bonds is 11. The molecule has 0 saturated heterocycles. The quantitative estimate of drug-likeness (QED) is 0.129. The van der Waals surface area contributed by atoms with E-state index in [2.05, 4.69) is 259 Å². The van der Waals surface area contributed by atoms with Crippen LogP contribution >= 0.6 is 0 Å². The van der Waals surface area contributed by atoms with Gasteiger partial charge in [0.15, 0.2) is 0 Å². The topological polar surface area (TPSA) is 6.48 Å². The monoisotopic (exact) mass is 796 g/mol. The summed E-state index contributed by atoms with van der Waals surface area (Å²) in [6, 6.07) is 78.8. The Kier molecular flexibility index (Phi) is 11.1. The second kappa shape index (κ2) is 17.9. The average molecular weight is 797 g/mol. The first-order valence-corrected chi connectivity index (χ1v) is 21.7. The number of nitrogens with zero attached hydrogens (tertiary/aromatic N) is 2. The lowest BCUT2D eigenvalue weighted by atomic mass is 9.90. The van der Waals surface area contributed by atoms with Gasteiger partial charge in [-0.3, -0.25) is 0 Å². The van der Waals surface area contributed by atoms with Crippen molar-refractivity contribution < 1.29 is 0 Å². The van der Waals surface area contributed by atoms with Crippen molar-refractivity contribution in [3.63, 3.8) is 0 Å². The molecule has 2 aliphatic rings. The van der Waals surface area contributed by atoms with Gasteiger partial charge in [-0.15, -0.1) is 0 Å². The third-order valence-electron chi connectivity index (χ3n) is 12.2. The predicted octanol–water partition coefficient (Wildman–Crippen LogP) is 16.4. The molecule has 0 saturated carbocycles. The van der Waals surface area contributed by atoms with Gasteiger partial charge < -0.3 is 9.80 Å². The lowest BCUT2D eigenvalue weighted by Crippen LogP contribution is -2.18. The van der Waals surface area contributed by atoms with Crippen molar-refractivity contribution in [2.24, 2.45) is 0 Å². The van der Waals surface area contributed by atoms with E-state index < -0.39 is 0 Å². The molecule has 10 rings (SSSR count). The van der Waals surface area contributed by atoms with Gasteiger partial charge in [0, 0.05) is 40.1 Å². The van der Waals surface area contributed by atoms with Gasteiger partial charge >= 0.3 is 0 Å². The van der Waals surface area contributed by atoms with Crippen LogP contribution in [0.2, 0.25) is 0 Å². The van der Waals surface area contributed by atoms with E-state index in [0.717, 1.165) is 30.6 Å². The molecule has 0 N–H and O–H groups in total. The molecular formula is C60H48N2. The number of benzene rings is 8. The molecule has 1 atom stereocenters. The molecule has 0 fully saturated rings. The maximum atomic E-state index is 2.44. The summed E-state index contributed by atoms with van der Waals surface area (Å²) in [5.74, 6) is 0.277. The molecule has 0 bridgehead atoms. The Bertz CT molecular complexity index is 2770. The van der Waals surface area contributed by atoms with Crippen molar-refractivity contribution >= 4 is 28.3 Å². The fourth-order valence-electron chi connectivity index (χ4n) is 8.83. The van der Waals surface area contributed by atoms with Crippen molar-refractivity contribution in [3.05, 3.63) is 271 Å². The molecule has 0 radical (unpaired) electrons. The summed E-state index contributed by atoms with van der Waals surface area (Å²) in [6.07, 6.45) is 14.6. The zero-order valence-corrected chi connectivity index (χ0v) is 34.8. The molecule has 8 aromatic carbocycles. The summed E-state index contributed by atoms with van der Waals surface area (Å²) in [4.78, 5) is 4.82. The Labute approximate surface area is 366 Å². The number of allylic oxidation sites excluding steroid dienone is 7. The second-order valence-electron chi connectivity index (χ2n) is 16.0. The normalized spacial score (nSPS) is 14.6. The van der Waals surface area contributed by atoms with E-state index in [0.29, 0.717) is 0 Å². The van der Waals surface area contributed by atoms with Gasteiger partial charge in [0.05, 0.1) is 0 Å².